The topological polar surface area (TPSA) is 20.3 Å². The van der Waals surface area contributed by atoms with Gasteiger partial charge in [-0.1, -0.05) is 24.3 Å². The Kier molecular flexibility index (Phi) is 4.65. The van der Waals surface area contributed by atoms with Gasteiger partial charge in [0.1, 0.15) is 0 Å². The van der Waals surface area contributed by atoms with Crippen molar-refractivity contribution < 1.29 is 4.79 Å². The molecule has 0 unspecified atom stereocenters. The second-order valence-corrected chi connectivity index (χ2v) is 5.38. The molecule has 0 N–H and O–H groups in total. The lowest BCUT2D eigenvalue weighted by Crippen LogP contribution is -2.34. The Morgan fingerprint density at radius 3 is 2.79 bits per heavy atom. The minimum absolute atomic E-state index is 0.159. The number of nitrogens with zero attached hydrogens (tertiary/aromatic N) is 1. The Morgan fingerprint density at radius 1 is 1.37 bits per heavy atom. The number of benzene rings is 1. The van der Waals surface area contributed by atoms with Crippen molar-refractivity contribution in [1.82, 2.24) is 4.90 Å². The van der Waals surface area contributed by atoms with Crippen molar-refractivity contribution in [3.05, 3.63) is 41.0 Å². The number of amides is 1. The molecule has 2 nitrogen and oxygen atoms in total. The highest BCUT2D eigenvalue weighted by atomic mass is 35.5. The monoisotopic (exact) mass is 277 g/mol. The van der Waals surface area contributed by atoms with Crippen LogP contribution < -0.4 is 0 Å². The molecule has 102 valence electrons. The van der Waals surface area contributed by atoms with Gasteiger partial charge in [-0.05, 0) is 42.5 Å². The molecular weight excluding hydrogens is 258 g/mol. The number of carbonyl (C=O) groups excluding carboxylic acids is 1. The summed E-state index contributed by atoms with van der Waals surface area (Å²) in [6.45, 7) is 5.81. The zero-order valence-electron chi connectivity index (χ0n) is 11.6. The normalized spacial score (nSPS) is 15.3. The van der Waals surface area contributed by atoms with Crippen LogP contribution in [0.2, 0.25) is 0 Å². The van der Waals surface area contributed by atoms with Crippen LogP contribution in [-0.2, 0) is 4.79 Å². The van der Waals surface area contributed by atoms with Gasteiger partial charge in [-0.2, -0.15) is 0 Å². The molecule has 1 aromatic carbocycles. The highest BCUT2D eigenvalue weighted by Gasteiger charge is 2.18. The Balaban J connectivity index is 2.13. The Labute approximate surface area is 120 Å². The molecule has 0 aliphatic carbocycles. The highest BCUT2D eigenvalue weighted by Crippen LogP contribution is 2.26. The fraction of sp³-hybridized carbons (Fsp3) is 0.438. The Bertz CT molecular complexity index is 507. The van der Waals surface area contributed by atoms with Crippen molar-refractivity contribution in [3.63, 3.8) is 0 Å². The van der Waals surface area contributed by atoms with Crippen LogP contribution in [0, 0.1) is 13.8 Å². The second kappa shape index (κ2) is 6.25. The summed E-state index contributed by atoms with van der Waals surface area (Å²) in [7, 11) is 0. The van der Waals surface area contributed by atoms with Crippen molar-refractivity contribution in [2.75, 3.05) is 19.0 Å². The van der Waals surface area contributed by atoms with E-state index in [1.54, 1.807) is 0 Å². The lowest BCUT2D eigenvalue weighted by molar-refractivity contribution is -0.130. The maximum absolute atomic E-state index is 11.8. The molecule has 0 radical (unpaired) electrons. The van der Waals surface area contributed by atoms with E-state index in [1.807, 2.05) is 4.90 Å². The first-order chi connectivity index (χ1) is 9.13. The summed E-state index contributed by atoms with van der Waals surface area (Å²) in [5.41, 5.74) is 5.34. The first-order valence-electron chi connectivity index (χ1n) is 6.73. The molecule has 0 atom stereocenters. The fourth-order valence-corrected chi connectivity index (χ4v) is 2.64. The van der Waals surface area contributed by atoms with E-state index >= 15 is 0 Å². The van der Waals surface area contributed by atoms with Crippen molar-refractivity contribution >= 4 is 23.1 Å². The molecule has 1 aliphatic rings. The van der Waals surface area contributed by atoms with Crippen LogP contribution in [0.5, 0.6) is 0 Å². The number of hydrogen-bond donors (Lipinski definition) is 0. The molecule has 1 amide bonds. The highest BCUT2D eigenvalue weighted by molar-refractivity contribution is 6.18. The van der Waals surface area contributed by atoms with E-state index in [0.29, 0.717) is 18.8 Å². The van der Waals surface area contributed by atoms with Crippen LogP contribution in [0.3, 0.4) is 0 Å². The van der Waals surface area contributed by atoms with Crippen LogP contribution in [0.1, 0.15) is 29.5 Å². The molecule has 3 heteroatoms. The molecule has 0 aromatic heterocycles. The second-order valence-electron chi connectivity index (χ2n) is 5.01. The summed E-state index contributed by atoms with van der Waals surface area (Å²) in [6.07, 6.45) is 3.55. The van der Waals surface area contributed by atoms with Gasteiger partial charge in [0, 0.05) is 25.4 Å². The first kappa shape index (κ1) is 14.1. The fourth-order valence-electron chi connectivity index (χ4n) is 2.48. The minimum Gasteiger partial charge on any atom is -0.339 e. The van der Waals surface area contributed by atoms with E-state index in [-0.39, 0.29) is 5.91 Å². The summed E-state index contributed by atoms with van der Waals surface area (Å²) in [5, 5.41) is 0. The van der Waals surface area contributed by atoms with E-state index in [0.717, 1.165) is 13.0 Å². The molecule has 0 fully saturated rings. The van der Waals surface area contributed by atoms with Crippen molar-refractivity contribution in [2.24, 2.45) is 0 Å². The van der Waals surface area contributed by atoms with Gasteiger partial charge in [-0.3, -0.25) is 4.79 Å². The Hall–Kier alpha value is -1.28. The summed E-state index contributed by atoms with van der Waals surface area (Å²) < 4.78 is 0. The maximum atomic E-state index is 11.8. The van der Waals surface area contributed by atoms with E-state index in [1.165, 1.54) is 22.3 Å². The van der Waals surface area contributed by atoms with Gasteiger partial charge in [0.05, 0.1) is 0 Å². The zero-order chi connectivity index (χ0) is 13.8. The molecule has 0 saturated carbocycles. The van der Waals surface area contributed by atoms with E-state index in [4.69, 9.17) is 11.6 Å². The number of halogens is 1. The zero-order valence-corrected chi connectivity index (χ0v) is 12.3. The van der Waals surface area contributed by atoms with Gasteiger partial charge in [-0.25, -0.2) is 0 Å². The third-order valence-corrected chi connectivity index (χ3v) is 4.01. The molecule has 1 heterocycles. The van der Waals surface area contributed by atoms with Crippen LogP contribution >= 0.6 is 11.6 Å². The summed E-state index contributed by atoms with van der Waals surface area (Å²) in [6, 6.07) is 6.41. The smallest absolute Gasteiger partial charge is 0.224 e. The Morgan fingerprint density at radius 2 is 2.16 bits per heavy atom. The third kappa shape index (κ3) is 3.19. The van der Waals surface area contributed by atoms with Gasteiger partial charge in [0.2, 0.25) is 5.91 Å². The molecule has 1 aliphatic heterocycles. The van der Waals surface area contributed by atoms with E-state index < -0.39 is 0 Å². The number of alkyl halides is 1. The lowest BCUT2D eigenvalue weighted by atomic mass is 9.93. The average molecular weight is 278 g/mol. The third-order valence-electron chi connectivity index (χ3n) is 3.82. The van der Waals surface area contributed by atoms with Crippen LogP contribution in [0.15, 0.2) is 24.3 Å². The molecular formula is C16H20ClNO. The number of carbonyl (C=O) groups is 1. The summed E-state index contributed by atoms with van der Waals surface area (Å²) in [5.74, 6) is 0.564. The van der Waals surface area contributed by atoms with Gasteiger partial charge >= 0.3 is 0 Å². The molecule has 0 bridgehead atoms. The summed E-state index contributed by atoms with van der Waals surface area (Å²) in [4.78, 5) is 13.7. The van der Waals surface area contributed by atoms with Gasteiger partial charge in [-0.15, -0.1) is 11.6 Å². The predicted octanol–water partition coefficient (Wildman–Crippen LogP) is 3.55. The summed E-state index contributed by atoms with van der Waals surface area (Å²) >= 11 is 5.62. The molecule has 0 saturated heterocycles. The standard InChI is InChI=1S/C16H20ClNO/c1-12-4-3-5-15(13(12)2)14-7-10-18(11-8-14)16(19)6-9-17/h3-5,7H,6,8-11H2,1-2H3. The van der Waals surface area contributed by atoms with Gasteiger partial charge in [0.15, 0.2) is 0 Å². The van der Waals surface area contributed by atoms with Crippen molar-refractivity contribution in [2.45, 2.75) is 26.7 Å². The van der Waals surface area contributed by atoms with E-state index in [2.05, 4.69) is 38.1 Å². The maximum Gasteiger partial charge on any atom is 0.224 e. The average Bonchev–Trinajstić information content (AvgIpc) is 2.42. The van der Waals surface area contributed by atoms with Crippen molar-refractivity contribution in [3.8, 4) is 0 Å². The predicted molar refractivity (Wildman–Crippen MR) is 80.4 cm³/mol. The first-order valence-corrected chi connectivity index (χ1v) is 7.26. The van der Waals surface area contributed by atoms with Crippen LogP contribution in [0.4, 0.5) is 0 Å². The lowest BCUT2D eigenvalue weighted by Gasteiger charge is -2.27. The quantitative estimate of drug-likeness (QED) is 0.774. The van der Waals surface area contributed by atoms with Gasteiger partial charge < -0.3 is 4.90 Å². The molecule has 0 spiro atoms. The number of aryl methyl sites for hydroxylation is 1. The number of rotatable bonds is 3. The van der Waals surface area contributed by atoms with Gasteiger partial charge in [0.25, 0.3) is 0 Å². The largest absolute Gasteiger partial charge is 0.339 e. The molecule has 2 rings (SSSR count). The van der Waals surface area contributed by atoms with Crippen molar-refractivity contribution in [1.29, 1.82) is 0 Å². The SMILES string of the molecule is Cc1cccc(C2=CCN(C(=O)CCCl)CC2)c1C. The molecule has 19 heavy (non-hydrogen) atoms. The molecule has 1 aromatic rings. The van der Waals surface area contributed by atoms with Crippen LogP contribution in [-0.4, -0.2) is 29.8 Å². The number of hydrogen-bond acceptors (Lipinski definition) is 1. The van der Waals surface area contributed by atoms with Crippen LogP contribution in [0.25, 0.3) is 5.57 Å². The van der Waals surface area contributed by atoms with E-state index in [9.17, 15) is 4.79 Å². The minimum atomic E-state index is 0.159.